The molecule has 0 fully saturated rings. The van der Waals surface area contributed by atoms with Crippen molar-refractivity contribution in [2.45, 2.75) is 0 Å². The average molecular weight is 279 g/mol. The zero-order chi connectivity index (χ0) is 6.97. The summed E-state index contributed by atoms with van der Waals surface area (Å²) >= 11 is 1.78. The average Bonchev–Trinajstić information content (AvgIpc) is 2.34. The highest BCUT2D eigenvalue weighted by atomic mass is 127. The molecular weight excluding hydrogens is 269 g/mol. The van der Waals surface area contributed by atoms with E-state index in [-0.39, 0.29) is 24.0 Å². The molecule has 0 N–H and O–H groups in total. The highest BCUT2D eigenvalue weighted by molar-refractivity contribution is 7.16. The van der Waals surface area contributed by atoms with Gasteiger partial charge in [-0.1, -0.05) is 23.5 Å². The van der Waals surface area contributed by atoms with Gasteiger partial charge in [-0.05, 0) is 6.07 Å². The van der Waals surface area contributed by atoms with Gasteiger partial charge in [0.05, 0.1) is 0 Å². The second kappa shape index (κ2) is 3.49. The number of rotatable bonds is 0. The van der Waals surface area contributed by atoms with E-state index in [2.05, 4.69) is 41.4 Å². The zero-order valence-electron chi connectivity index (χ0n) is 6.19. The molecule has 11 heavy (non-hydrogen) atoms. The maximum absolute atomic E-state index is 2.14. The summed E-state index contributed by atoms with van der Waals surface area (Å²) in [7, 11) is 2.07. The Morgan fingerprint density at radius 2 is 2.00 bits per heavy atom. The van der Waals surface area contributed by atoms with Crippen molar-refractivity contribution in [1.82, 2.24) is 0 Å². The molecule has 0 unspecified atom stereocenters. The standard InChI is InChI=1S/C8H8NS.H2I/c1-9-6-10-8-5-3-2-4-7(8)9;/h2-6H,1H3;1H2/q2*+1. The first-order chi connectivity index (χ1) is 4.88. The first-order valence-corrected chi connectivity index (χ1v) is 4.08. The third-order valence-electron chi connectivity index (χ3n) is 1.58. The van der Waals surface area contributed by atoms with Crippen LogP contribution in [0.5, 0.6) is 0 Å². The Kier molecular flexibility index (Phi) is 2.84. The molecule has 1 aromatic heterocycles. The molecule has 0 saturated carbocycles. The van der Waals surface area contributed by atoms with E-state index >= 15 is 0 Å². The van der Waals surface area contributed by atoms with Crippen LogP contribution in [0.2, 0.25) is 0 Å². The van der Waals surface area contributed by atoms with Gasteiger partial charge in [0.25, 0.3) is 0 Å². The van der Waals surface area contributed by atoms with E-state index in [9.17, 15) is 0 Å². The molecular formula is C8H10INS+2. The highest BCUT2D eigenvalue weighted by Crippen LogP contribution is 2.13. The lowest BCUT2D eigenvalue weighted by atomic mass is 10.3. The first kappa shape index (κ1) is 8.93. The Balaban J connectivity index is 0.000000605. The second-order valence-corrected chi connectivity index (χ2v) is 3.19. The summed E-state index contributed by atoms with van der Waals surface area (Å²) in [5, 5.41) is 0. The van der Waals surface area contributed by atoms with Crippen LogP contribution in [-0.2, 0) is 7.05 Å². The van der Waals surface area contributed by atoms with Crippen LogP contribution in [0.3, 0.4) is 0 Å². The molecule has 58 valence electrons. The third-order valence-corrected chi connectivity index (χ3v) is 2.60. The van der Waals surface area contributed by atoms with Gasteiger partial charge in [0.15, 0.2) is 0 Å². The SMILES string of the molecule is C[n+]1csc2ccccc21.[IH2+]. The van der Waals surface area contributed by atoms with E-state index in [0.29, 0.717) is 0 Å². The number of benzene rings is 1. The summed E-state index contributed by atoms with van der Waals surface area (Å²) in [4.78, 5) is 0. The van der Waals surface area contributed by atoms with E-state index in [1.54, 1.807) is 11.3 Å². The summed E-state index contributed by atoms with van der Waals surface area (Å²) in [5.41, 5.74) is 3.43. The Labute approximate surface area is 86.7 Å². The maximum atomic E-state index is 2.14. The molecule has 0 aliphatic rings. The minimum Gasteiger partial charge on any atom is -0.191 e. The van der Waals surface area contributed by atoms with Gasteiger partial charge in [0.2, 0.25) is 35.0 Å². The van der Waals surface area contributed by atoms with Gasteiger partial charge in [-0.3, -0.25) is 0 Å². The molecule has 0 saturated heterocycles. The van der Waals surface area contributed by atoms with Crippen molar-refractivity contribution in [3.05, 3.63) is 29.8 Å². The highest BCUT2D eigenvalue weighted by Gasteiger charge is 2.03. The number of hydrogen-bond donors (Lipinski definition) is 0. The monoisotopic (exact) mass is 279 g/mol. The Morgan fingerprint density at radius 1 is 1.27 bits per heavy atom. The predicted molar refractivity (Wildman–Crippen MR) is 45.8 cm³/mol. The van der Waals surface area contributed by atoms with E-state index in [1.165, 1.54) is 10.2 Å². The van der Waals surface area contributed by atoms with E-state index in [4.69, 9.17) is 0 Å². The number of nitrogens with zero attached hydrogens (tertiary/aromatic N) is 1. The second-order valence-electron chi connectivity index (χ2n) is 2.30. The molecule has 1 nitrogen and oxygen atoms in total. The van der Waals surface area contributed by atoms with Gasteiger partial charge >= 0.3 is 0 Å². The van der Waals surface area contributed by atoms with Crippen molar-refractivity contribution < 1.29 is 28.5 Å². The number of aromatic nitrogens is 1. The minimum absolute atomic E-state index is 0. The molecule has 0 radical (unpaired) electrons. The number of hydrogen-bond acceptors (Lipinski definition) is 1. The minimum atomic E-state index is 0. The van der Waals surface area contributed by atoms with Gasteiger partial charge in [0, 0.05) is 6.07 Å². The normalized spacial score (nSPS) is 9.55. The molecule has 0 bridgehead atoms. The summed E-state index contributed by atoms with van der Waals surface area (Å²) < 4.78 is 3.49. The van der Waals surface area contributed by atoms with Gasteiger partial charge in [0.1, 0.15) is 11.7 Å². The quantitative estimate of drug-likeness (QED) is 0.395. The van der Waals surface area contributed by atoms with Gasteiger partial charge in [-0.15, -0.1) is 0 Å². The largest absolute Gasteiger partial charge is 0.235 e. The van der Waals surface area contributed by atoms with Crippen molar-refractivity contribution in [2.75, 3.05) is 0 Å². The number of aryl methyl sites for hydroxylation is 1. The maximum Gasteiger partial charge on any atom is 0.235 e. The molecule has 3 heteroatoms. The van der Waals surface area contributed by atoms with Crippen molar-refractivity contribution >= 4 is 21.6 Å². The van der Waals surface area contributed by atoms with Crippen LogP contribution < -0.4 is 28.5 Å². The number of halogens is 1. The van der Waals surface area contributed by atoms with Crippen LogP contribution in [0.1, 0.15) is 0 Å². The molecule has 2 rings (SSSR count). The summed E-state index contributed by atoms with van der Waals surface area (Å²) in [5.74, 6) is 0. The zero-order valence-corrected chi connectivity index (χ0v) is 9.56. The first-order valence-electron chi connectivity index (χ1n) is 3.20. The van der Waals surface area contributed by atoms with Gasteiger partial charge in [-0.25, -0.2) is 0 Å². The summed E-state index contributed by atoms with van der Waals surface area (Å²) in [6, 6.07) is 8.40. The summed E-state index contributed by atoms with van der Waals surface area (Å²) in [6.45, 7) is 0. The fourth-order valence-electron chi connectivity index (χ4n) is 1.04. The smallest absolute Gasteiger partial charge is 0.191 e. The Morgan fingerprint density at radius 3 is 2.73 bits per heavy atom. The number of thiazole rings is 1. The van der Waals surface area contributed by atoms with E-state index in [0.717, 1.165) is 0 Å². The van der Waals surface area contributed by atoms with Crippen molar-refractivity contribution in [3.63, 3.8) is 0 Å². The molecule has 0 spiro atoms. The van der Waals surface area contributed by atoms with Crippen molar-refractivity contribution in [1.29, 1.82) is 0 Å². The van der Waals surface area contributed by atoms with Crippen LogP contribution >= 0.6 is 11.3 Å². The van der Waals surface area contributed by atoms with Crippen molar-refractivity contribution in [3.8, 4) is 0 Å². The predicted octanol–water partition coefficient (Wildman–Crippen LogP) is -1.81. The van der Waals surface area contributed by atoms with Crippen LogP contribution in [0.4, 0.5) is 0 Å². The molecule has 1 aromatic carbocycles. The topological polar surface area (TPSA) is 3.88 Å². The Bertz CT molecular complexity index is 356. The van der Waals surface area contributed by atoms with E-state index < -0.39 is 0 Å². The summed E-state index contributed by atoms with van der Waals surface area (Å²) in [6.07, 6.45) is 0. The van der Waals surface area contributed by atoms with Crippen LogP contribution in [0, 0.1) is 0 Å². The van der Waals surface area contributed by atoms with Crippen molar-refractivity contribution in [2.24, 2.45) is 7.05 Å². The molecule has 0 aliphatic heterocycles. The van der Waals surface area contributed by atoms with Gasteiger partial charge < -0.3 is 0 Å². The Hall–Kier alpha value is -0.160. The number of para-hydroxylation sites is 1. The molecule has 0 aliphatic carbocycles. The molecule has 0 atom stereocenters. The fourth-order valence-corrected chi connectivity index (χ4v) is 1.92. The van der Waals surface area contributed by atoms with Crippen LogP contribution in [0.25, 0.3) is 10.2 Å². The van der Waals surface area contributed by atoms with Crippen LogP contribution in [-0.4, -0.2) is 0 Å². The molecule has 0 amide bonds. The lowest BCUT2D eigenvalue weighted by molar-refractivity contribution is -0.640. The van der Waals surface area contributed by atoms with Crippen LogP contribution in [0.15, 0.2) is 29.8 Å². The van der Waals surface area contributed by atoms with Gasteiger partial charge in [-0.2, -0.15) is 4.57 Å². The molecule has 2 aromatic rings. The lowest BCUT2D eigenvalue weighted by Gasteiger charge is -1.80. The lowest BCUT2D eigenvalue weighted by Crippen LogP contribution is -3.00. The fraction of sp³-hybridized carbons (Fsp3) is 0.125. The molecule has 1 heterocycles. The number of fused-ring (bicyclic) bond motifs is 1. The third kappa shape index (κ3) is 1.54. The van der Waals surface area contributed by atoms with E-state index in [1.807, 2.05) is 0 Å².